The molecule has 5 heterocycles. The number of thiophene rings is 1. The predicted octanol–water partition coefficient (Wildman–Crippen LogP) is 5.54. The second kappa shape index (κ2) is 6.40. The number of nitrogens with zero attached hydrogens (tertiary/aromatic N) is 4. The molecular formula is C23H18N6S. The van der Waals surface area contributed by atoms with Gasteiger partial charge < -0.3 is 9.55 Å². The highest BCUT2D eigenvalue weighted by Gasteiger charge is 2.15. The molecule has 7 heteroatoms. The van der Waals surface area contributed by atoms with E-state index in [1.165, 1.54) is 4.88 Å². The van der Waals surface area contributed by atoms with E-state index in [1.54, 1.807) is 11.3 Å². The fourth-order valence-electron chi connectivity index (χ4n) is 3.96. The van der Waals surface area contributed by atoms with Crippen molar-refractivity contribution in [3.63, 3.8) is 0 Å². The van der Waals surface area contributed by atoms with Gasteiger partial charge in [0, 0.05) is 40.0 Å². The van der Waals surface area contributed by atoms with Gasteiger partial charge in [0.2, 0.25) is 0 Å². The number of fused-ring (bicyclic) bond motifs is 2. The Balaban J connectivity index is 1.53. The number of hydrogen-bond acceptors (Lipinski definition) is 4. The summed E-state index contributed by atoms with van der Waals surface area (Å²) >= 11 is 1.72. The number of rotatable bonds is 3. The van der Waals surface area contributed by atoms with E-state index in [0.717, 1.165) is 55.8 Å². The Labute approximate surface area is 176 Å². The van der Waals surface area contributed by atoms with Crippen LogP contribution >= 0.6 is 11.3 Å². The highest BCUT2D eigenvalue weighted by molar-refractivity contribution is 7.13. The molecule has 0 saturated heterocycles. The molecule has 5 aromatic heterocycles. The molecule has 0 bridgehead atoms. The van der Waals surface area contributed by atoms with Gasteiger partial charge >= 0.3 is 0 Å². The van der Waals surface area contributed by atoms with Gasteiger partial charge in [0.15, 0.2) is 0 Å². The molecule has 0 aliphatic heterocycles. The normalized spacial score (nSPS) is 11.7. The van der Waals surface area contributed by atoms with Crippen LogP contribution in [-0.4, -0.2) is 29.7 Å². The van der Waals surface area contributed by atoms with Crippen LogP contribution in [0.25, 0.3) is 54.9 Å². The summed E-state index contributed by atoms with van der Waals surface area (Å²) in [6.45, 7) is 2.01. The smallest absolute Gasteiger partial charge is 0.116 e. The molecule has 0 spiro atoms. The number of H-pyrrole nitrogens is 2. The van der Waals surface area contributed by atoms with Crippen LogP contribution in [0, 0.1) is 6.92 Å². The molecule has 30 heavy (non-hydrogen) atoms. The van der Waals surface area contributed by atoms with E-state index in [9.17, 15) is 0 Å². The topological polar surface area (TPSA) is 75.2 Å². The van der Waals surface area contributed by atoms with Gasteiger partial charge in [-0.1, -0.05) is 12.1 Å². The van der Waals surface area contributed by atoms with Crippen molar-refractivity contribution < 1.29 is 0 Å². The standard InChI is InChI=1S/C23H18N6S/c1-13-25-12-21(29(13)2)14-5-6-18-16(8-14)23(28-27-18)19-9-15-17(22-4-3-7-30-22)10-24-11-20(15)26-19/h3-12,26H,1-2H3,(H,27,28). The first-order chi connectivity index (χ1) is 14.7. The molecule has 6 rings (SSSR count). The van der Waals surface area contributed by atoms with E-state index >= 15 is 0 Å². The van der Waals surface area contributed by atoms with Crippen molar-refractivity contribution in [1.29, 1.82) is 0 Å². The maximum Gasteiger partial charge on any atom is 0.116 e. The zero-order valence-corrected chi connectivity index (χ0v) is 17.3. The summed E-state index contributed by atoms with van der Waals surface area (Å²) in [6.07, 6.45) is 5.71. The van der Waals surface area contributed by atoms with Crippen LogP contribution in [-0.2, 0) is 7.05 Å². The first-order valence-electron chi connectivity index (χ1n) is 9.67. The first-order valence-corrected chi connectivity index (χ1v) is 10.5. The van der Waals surface area contributed by atoms with Gasteiger partial charge in [-0.3, -0.25) is 10.1 Å². The van der Waals surface area contributed by atoms with Crippen molar-refractivity contribution in [3.05, 3.63) is 66.2 Å². The molecule has 1 aromatic carbocycles. The molecule has 0 saturated carbocycles. The molecule has 6 aromatic rings. The number of aromatic nitrogens is 6. The summed E-state index contributed by atoms with van der Waals surface area (Å²) in [4.78, 5) is 13.6. The van der Waals surface area contributed by atoms with Crippen molar-refractivity contribution in [1.82, 2.24) is 29.7 Å². The molecule has 0 atom stereocenters. The average Bonchev–Trinajstić information content (AvgIpc) is 3.54. The van der Waals surface area contributed by atoms with Crippen molar-refractivity contribution in [2.24, 2.45) is 7.05 Å². The number of nitrogens with one attached hydrogen (secondary N) is 2. The van der Waals surface area contributed by atoms with Gasteiger partial charge in [-0.2, -0.15) is 5.10 Å². The first kappa shape index (κ1) is 17.2. The van der Waals surface area contributed by atoms with Gasteiger partial charge in [0.1, 0.15) is 11.5 Å². The molecule has 0 radical (unpaired) electrons. The summed E-state index contributed by atoms with van der Waals surface area (Å²) in [5, 5.41) is 12.1. The Morgan fingerprint density at radius 2 is 1.93 bits per heavy atom. The second-order valence-electron chi connectivity index (χ2n) is 7.39. The minimum atomic E-state index is 0.902. The van der Waals surface area contributed by atoms with Gasteiger partial charge in [-0.15, -0.1) is 11.3 Å². The maximum atomic E-state index is 4.62. The van der Waals surface area contributed by atoms with E-state index in [1.807, 2.05) is 32.6 Å². The van der Waals surface area contributed by atoms with Crippen LogP contribution < -0.4 is 0 Å². The molecule has 0 amide bonds. The van der Waals surface area contributed by atoms with E-state index in [0.29, 0.717) is 0 Å². The van der Waals surface area contributed by atoms with E-state index in [4.69, 9.17) is 0 Å². The zero-order valence-electron chi connectivity index (χ0n) is 16.5. The Morgan fingerprint density at radius 1 is 1.00 bits per heavy atom. The second-order valence-corrected chi connectivity index (χ2v) is 8.34. The summed E-state index contributed by atoms with van der Waals surface area (Å²) in [5.74, 6) is 0.988. The molecule has 0 fully saturated rings. The van der Waals surface area contributed by atoms with Crippen LogP contribution in [0.2, 0.25) is 0 Å². The zero-order chi connectivity index (χ0) is 20.2. The van der Waals surface area contributed by atoms with Crippen LogP contribution in [0.3, 0.4) is 0 Å². The lowest BCUT2D eigenvalue weighted by molar-refractivity contribution is 0.865. The van der Waals surface area contributed by atoms with Crippen molar-refractivity contribution in [2.45, 2.75) is 6.92 Å². The molecule has 0 aliphatic rings. The minimum absolute atomic E-state index is 0.902. The molecule has 0 aliphatic carbocycles. The number of aromatic amines is 2. The third-order valence-corrected chi connectivity index (χ3v) is 6.57. The van der Waals surface area contributed by atoms with Crippen molar-refractivity contribution >= 4 is 33.1 Å². The Kier molecular flexibility index (Phi) is 3.66. The highest BCUT2D eigenvalue weighted by Crippen LogP contribution is 2.36. The number of aryl methyl sites for hydroxylation is 1. The Hall–Kier alpha value is -3.71. The molecular weight excluding hydrogens is 392 g/mol. The number of hydrogen-bond donors (Lipinski definition) is 2. The fraction of sp³-hybridized carbons (Fsp3) is 0.0870. The lowest BCUT2D eigenvalue weighted by Gasteiger charge is -2.04. The maximum absolute atomic E-state index is 4.62. The number of imidazole rings is 1. The summed E-state index contributed by atoms with van der Waals surface area (Å²) < 4.78 is 2.10. The molecule has 2 N–H and O–H groups in total. The summed E-state index contributed by atoms with van der Waals surface area (Å²) in [5.41, 5.74) is 7.22. The number of pyridine rings is 1. The third kappa shape index (κ3) is 2.52. The summed E-state index contributed by atoms with van der Waals surface area (Å²) in [6, 6.07) is 12.7. The van der Waals surface area contributed by atoms with Crippen LogP contribution in [0.5, 0.6) is 0 Å². The van der Waals surface area contributed by atoms with Crippen molar-refractivity contribution in [3.8, 4) is 33.1 Å². The van der Waals surface area contributed by atoms with Gasteiger partial charge in [0.25, 0.3) is 0 Å². The molecule has 146 valence electrons. The average molecular weight is 411 g/mol. The quantitative estimate of drug-likeness (QED) is 0.402. The lowest BCUT2D eigenvalue weighted by atomic mass is 10.1. The Morgan fingerprint density at radius 3 is 2.73 bits per heavy atom. The predicted molar refractivity (Wildman–Crippen MR) is 121 cm³/mol. The highest BCUT2D eigenvalue weighted by atomic mass is 32.1. The monoisotopic (exact) mass is 410 g/mol. The Bertz CT molecular complexity index is 1520. The van der Waals surface area contributed by atoms with Crippen LogP contribution in [0.1, 0.15) is 5.82 Å². The SMILES string of the molecule is Cc1ncc(-c2ccc3[nH]nc(-c4cc5c(-c6cccs6)cncc5[nH]4)c3c2)n1C. The summed E-state index contributed by atoms with van der Waals surface area (Å²) in [7, 11) is 2.04. The van der Waals surface area contributed by atoms with E-state index in [-0.39, 0.29) is 0 Å². The number of benzene rings is 1. The van der Waals surface area contributed by atoms with Gasteiger partial charge in [0.05, 0.1) is 34.8 Å². The third-order valence-electron chi connectivity index (χ3n) is 5.67. The minimum Gasteiger partial charge on any atom is -0.352 e. The van der Waals surface area contributed by atoms with Gasteiger partial charge in [-0.05, 0) is 36.6 Å². The molecule has 6 nitrogen and oxygen atoms in total. The van der Waals surface area contributed by atoms with E-state index < -0.39 is 0 Å². The van der Waals surface area contributed by atoms with Crippen LogP contribution in [0.4, 0.5) is 0 Å². The molecule has 0 unspecified atom stereocenters. The van der Waals surface area contributed by atoms with E-state index in [2.05, 4.69) is 71.5 Å². The van der Waals surface area contributed by atoms with Gasteiger partial charge in [-0.25, -0.2) is 4.98 Å². The van der Waals surface area contributed by atoms with Crippen molar-refractivity contribution in [2.75, 3.05) is 0 Å². The lowest BCUT2D eigenvalue weighted by Crippen LogP contribution is -1.94. The fourth-order valence-corrected chi connectivity index (χ4v) is 4.71. The largest absolute Gasteiger partial charge is 0.352 e. The van der Waals surface area contributed by atoms with Crippen LogP contribution in [0.15, 0.2) is 60.4 Å².